The first-order chi connectivity index (χ1) is 15.4. The monoisotopic (exact) mass is 496 g/mol. The Morgan fingerprint density at radius 2 is 1.62 bits per heavy atom. The number of nitrogens with zero attached hydrogens (tertiary/aromatic N) is 4. The quantitative estimate of drug-likeness (QED) is 0.596. The van der Waals surface area contributed by atoms with E-state index in [1.807, 2.05) is 62.4 Å². The van der Waals surface area contributed by atoms with Crippen molar-refractivity contribution in [2.24, 2.45) is 5.10 Å². The van der Waals surface area contributed by atoms with Gasteiger partial charge in [-0.2, -0.15) is 5.10 Å². The lowest BCUT2D eigenvalue weighted by atomic mass is 9.97. The summed E-state index contributed by atoms with van der Waals surface area (Å²) >= 11 is 3.45. The normalized spacial score (nSPS) is 18.9. The fourth-order valence-electron chi connectivity index (χ4n) is 4.01. The summed E-state index contributed by atoms with van der Waals surface area (Å²) in [6.07, 6.45) is 0.576. The second-order valence-electron chi connectivity index (χ2n) is 8.03. The molecule has 2 aromatic carbocycles. The van der Waals surface area contributed by atoms with E-state index in [1.165, 1.54) is 14.8 Å². The standard InChI is InChI=1S/C24H25BrN4O3/c1-3-27-12-13-28(24(32)23(27)31)15-22(30)29-21(18-6-4-16(2)5-7-18)14-20(26-29)17-8-10-19(25)11-9-17/h4-11,21H,3,12-15H2,1-2H3/t21-/m1/s1. The van der Waals surface area contributed by atoms with Crippen molar-refractivity contribution in [3.63, 3.8) is 0 Å². The number of hydrogen-bond donors (Lipinski definition) is 0. The van der Waals surface area contributed by atoms with Crippen LogP contribution in [0.3, 0.4) is 0 Å². The zero-order valence-corrected chi connectivity index (χ0v) is 19.7. The number of halogens is 1. The van der Waals surface area contributed by atoms with Crippen LogP contribution < -0.4 is 0 Å². The predicted octanol–water partition coefficient (Wildman–Crippen LogP) is 3.13. The summed E-state index contributed by atoms with van der Waals surface area (Å²) in [7, 11) is 0. The van der Waals surface area contributed by atoms with E-state index in [1.54, 1.807) is 0 Å². The van der Waals surface area contributed by atoms with Crippen LogP contribution in [0.15, 0.2) is 58.1 Å². The van der Waals surface area contributed by atoms with Gasteiger partial charge in [-0.15, -0.1) is 0 Å². The molecule has 0 spiro atoms. The van der Waals surface area contributed by atoms with Gasteiger partial charge in [0.25, 0.3) is 5.91 Å². The van der Waals surface area contributed by atoms with E-state index in [4.69, 9.17) is 0 Å². The molecule has 32 heavy (non-hydrogen) atoms. The van der Waals surface area contributed by atoms with Crippen molar-refractivity contribution in [2.45, 2.75) is 26.3 Å². The first-order valence-electron chi connectivity index (χ1n) is 10.7. The summed E-state index contributed by atoms with van der Waals surface area (Å²) in [6, 6.07) is 15.6. The largest absolute Gasteiger partial charge is 0.333 e. The molecule has 2 aliphatic heterocycles. The average molecular weight is 497 g/mol. The second kappa shape index (κ2) is 9.24. The number of hydrazone groups is 1. The molecule has 7 nitrogen and oxygen atoms in total. The Bertz CT molecular complexity index is 1070. The molecule has 2 heterocycles. The molecule has 3 amide bonds. The minimum atomic E-state index is -0.630. The van der Waals surface area contributed by atoms with E-state index in [0.29, 0.717) is 26.1 Å². The zero-order chi connectivity index (χ0) is 22.8. The molecule has 0 radical (unpaired) electrons. The Kier molecular flexibility index (Phi) is 6.41. The number of rotatable bonds is 5. The first kappa shape index (κ1) is 22.2. The minimum Gasteiger partial charge on any atom is -0.333 e. The lowest BCUT2D eigenvalue weighted by Crippen LogP contribution is -2.56. The van der Waals surface area contributed by atoms with Crippen LogP contribution in [0.1, 0.15) is 36.1 Å². The topological polar surface area (TPSA) is 73.3 Å². The van der Waals surface area contributed by atoms with E-state index in [-0.39, 0.29) is 18.5 Å². The maximum Gasteiger partial charge on any atom is 0.312 e. The fraction of sp³-hybridized carbons (Fsp3) is 0.333. The molecule has 0 unspecified atom stereocenters. The minimum absolute atomic E-state index is 0.165. The molecular formula is C24H25BrN4O3. The molecule has 0 saturated carbocycles. The molecule has 2 aromatic rings. The van der Waals surface area contributed by atoms with Crippen LogP contribution in [0.2, 0.25) is 0 Å². The highest BCUT2D eigenvalue weighted by atomic mass is 79.9. The maximum absolute atomic E-state index is 13.3. The van der Waals surface area contributed by atoms with Crippen molar-refractivity contribution in [3.8, 4) is 0 Å². The summed E-state index contributed by atoms with van der Waals surface area (Å²) in [6.45, 7) is 4.94. The molecule has 1 fully saturated rings. The van der Waals surface area contributed by atoms with Crippen molar-refractivity contribution in [3.05, 3.63) is 69.7 Å². The zero-order valence-electron chi connectivity index (χ0n) is 18.1. The first-order valence-corrected chi connectivity index (χ1v) is 11.5. The van der Waals surface area contributed by atoms with Gasteiger partial charge in [0.2, 0.25) is 0 Å². The fourth-order valence-corrected chi connectivity index (χ4v) is 4.27. The van der Waals surface area contributed by atoms with Gasteiger partial charge in [-0.1, -0.05) is 57.9 Å². The highest BCUT2D eigenvalue weighted by Crippen LogP contribution is 2.33. The number of hydrogen-bond acceptors (Lipinski definition) is 4. The number of amides is 3. The summed E-state index contributed by atoms with van der Waals surface area (Å²) in [5.41, 5.74) is 3.88. The van der Waals surface area contributed by atoms with Crippen LogP contribution >= 0.6 is 15.9 Å². The molecule has 4 rings (SSSR count). The Balaban J connectivity index is 1.59. The van der Waals surface area contributed by atoms with Gasteiger partial charge in [0, 0.05) is 30.5 Å². The van der Waals surface area contributed by atoms with Crippen LogP contribution in [0.5, 0.6) is 0 Å². The molecule has 1 atom stereocenters. The van der Waals surface area contributed by atoms with Gasteiger partial charge in [0.15, 0.2) is 0 Å². The van der Waals surface area contributed by atoms with Gasteiger partial charge in [0.05, 0.1) is 11.8 Å². The second-order valence-corrected chi connectivity index (χ2v) is 8.95. The van der Waals surface area contributed by atoms with Crippen LogP contribution in [0.4, 0.5) is 0 Å². The van der Waals surface area contributed by atoms with Gasteiger partial charge in [0.1, 0.15) is 6.54 Å². The molecule has 8 heteroatoms. The van der Waals surface area contributed by atoms with Gasteiger partial charge >= 0.3 is 11.8 Å². The third kappa shape index (κ3) is 4.46. The van der Waals surface area contributed by atoms with Crippen LogP contribution in [0.25, 0.3) is 0 Å². The Morgan fingerprint density at radius 1 is 1.00 bits per heavy atom. The number of likely N-dealkylation sites (N-methyl/N-ethyl adjacent to an activating group) is 1. The number of aryl methyl sites for hydroxylation is 1. The highest BCUT2D eigenvalue weighted by Gasteiger charge is 2.37. The lowest BCUT2D eigenvalue weighted by molar-refractivity contribution is -0.157. The number of benzene rings is 2. The van der Waals surface area contributed by atoms with Crippen LogP contribution in [-0.2, 0) is 14.4 Å². The van der Waals surface area contributed by atoms with E-state index in [0.717, 1.165) is 26.9 Å². The van der Waals surface area contributed by atoms with Crippen molar-refractivity contribution in [1.82, 2.24) is 14.8 Å². The Hall–Kier alpha value is -3.00. The third-order valence-corrected chi connectivity index (χ3v) is 6.44. The van der Waals surface area contributed by atoms with Crippen molar-refractivity contribution in [2.75, 3.05) is 26.2 Å². The lowest BCUT2D eigenvalue weighted by Gasteiger charge is -2.33. The number of carbonyl (C=O) groups excluding carboxylic acids is 3. The molecule has 2 aliphatic rings. The molecule has 0 N–H and O–H groups in total. The predicted molar refractivity (Wildman–Crippen MR) is 125 cm³/mol. The van der Waals surface area contributed by atoms with Gasteiger partial charge in [-0.3, -0.25) is 14.4 Å². The van der Waals surface area contributed by atoms with Crippen molar-refractivity contribution >= 4 is 39.4 Å². The molecule has 166 valence electrons. The Morgan fingerprint density at radius 3 is 2.28 bits per heavy atom. The van der Waals surface area contributed by atoms with Crippen molar-refractivity contribution in [1.29, 1.82) is 0 Å². The number of carbonyl (C=O) groups is 3. The van der Waals surface area contributed by atoms with Crippen LogP contribution in [0, 0.1) is 6.92 Å². The molecule has 0 aromatic heterocycles. The molecular weight excluding hydrogens is 472 g/mol. The van der Waals surface area contributed by atoms with Crippen LogP contribution in [-0.4, -0.2) is 64.4 Å². The summed E-state index contributed by atoms with van der Waals surface area (Å²) < 4.78 is 0.970. The average Bonchev–Trinajstić information content (AvgIpc) is 3.24. The highest BCUT2D eigenvalue weighted by molar-refractivity contribution is 9.10. The maximum atomic E-state index is 13.3. The van der Waals surface area contributed by atoms with E-state index < -0.39 is 11.8 Å². The summed E-state index contributed by atoms with van der Waals surface area (Å²) in [4.78, 5) is 40.8. The SMILES string of the molecule is CCN1CCN(CC(=O)N2N=C(c3ccc(Br)cc3)C[C@@H]2c2ccc(C)cc2)C(=O)C1=O. The van der Waals surface area contributed by atoms with Gasteiger partial charge < -0.3 is 9.80 Å². The van der Waals surface area contributed by atoms with E-state index >= 15 is 0 Å². The summed E-state index contributed by atoms with van der Waals surface area (Å²) in [5.74, 6) is -1.48. The molecule has 0 bridgehead atoms. The van der Waals surface area contributed by atoms with Gasteiger partial charge in [-0.05, 0) is 37.1 Å². The molecule has 0 aliphatic carbocycles. The number of piperazine rings is 1. The molecule has 1 saturated heterocycles. The Labute approximate surface area is 195 Å². The summed E-state index contributed by atoms with van der Waals surface area (Å²) in [5, 5.41) is 6.14. The van der Waals surface area contributed by atoms with E-state index in [2.05, 4.69) is 21.0 Å². The van der Waals surface area contributed by atoms with Gasteiger partial charge in [-0.25, -0.2) is 5.01 Å². The smallest absolute Gasteiger partial charge is 0.312 e. The van der Waals surface area contributed by atoms with Crippen molar-refractivity contribution < 1.29 is 14.4 Å². The third-order valence-electron chi connectivity index (χ3n) is 5.91. The van der Waals surface area contributed by atoms with E-state index in [9.17, 15) is 14.4 Å².